The number of nitrogens with one attached hydrogen (secondary N) is 5. The highest BCUT2D eigenvalue weighted by Gasteiger charge is 2.38. The molecule has 2 fully saturated rings. The van der Waals surface area contributed by atoms with Crippen LogP contribution in [0.15, 0.2) is 4.99 Å². The molecule has 302 valence electrons. The second kappa shape index (κ2) is 24.5. The van der Waals surface area contributed by atoms with Crippen LogP contribution < -0.4 is 49.5 Å². The van der Waals surface area contributed by atoms with Gasteiger partial charge in [0.25, 0.3) is 0 Å². The molecule has 23 heteroatoms. The Kier molecular flexibility index (Phi) is 21.4. The van der Waals surface area contributed by atoms with E-state index in [4.69, 9.17) is 37.6 Å². The Morgan fingerprint density at radius 3 is 2.00 bits per heavy atom. The quantitative estimate of drug-likeness (QED) is 0.0622. The largest absolute Gasteiger partial charge is 0.490 e. The average molecular weight is 768 g/mol. The zero-order valence-electron chi connectivity index (χ0n) is 29.4. The number of nitrogens with two attached hydrogens (primary N) is 4. The molecule has 0 aromatic rings. The van der Waals surface area contributed by atoms with Gasteiger partial charge in [0.15, 0.2) is 5.96 Å². The number of rotatable bonds is 9. The van der Waals surface area contributed by atoms with Crippen LogP contribution in [0.2, 0.25) is 0 Å². The number of carboxylic acid groups (broad SMARTS) is 1. The predicted octanol–water partition coefficient (Wildman–Crippen LogP) is -3.40. The summed E-state index contributed by atoms with van der Waals surface area (Å²) < 4.78 is 37.2. The lowest BCUT2D eigenvalue weighted by Crippen LogP contribution is -2.56. The fraction of sp³-hybridized carbons (Fsp3) is 0.733. The van der Waals surface area contributed by atoms with E-state index in [-0.39, 0.29) is 57.6 Å². The molecule has 0 spiro atoms. The number of hydrogen-bond acceptors (Lipinski definition) is 11. The maximum atomic E-state index is 13.5. The Morgan fingerprint density at radius 1 is 0.849 bits per heavy atom. The van der Waals surface area contributed by atoms with Crippen molar-refractivity contribution in [2.75, 3.05) is 46.1 Å². The summed E-state index contributed by atoms with van der Waals surface area (Å²) in [4.78, 5) is 92.2. The number of ether oxygens (including phenoxy) is 1. The molecule has 0 aromatic heterocycles. The third-order valence-electron chi connectivity index (χ3n) is 7.85. The van der Waals surface area contributed by atoms with E-state index < -0.39 is 65.8 Å². The molecule has 0 unspecified atom stereocenters. The zero-order chi connectivity index (χ0) is 40.0. The molecule has 2 aliphatic heterocycles. The van der Waals surface area contributed by atoms with Gasteiger partial charge in [-0.3, -0.25) is 28.8 Å². The number of aliphatic imine (C=N–C) groups is 1. The van der Waals surface area contributed by atoms with Crippen LogP contribution in [-0.4, -0.2) is 134 Å². The molecule has 0 radical (unpaired) electrons. The third-order valence-corrected chi connectivity index (χ3v) is 7.85. The van der Waals surface area contributed by atoms with E-state index in [9.17, 15) is 41.9 Å². The first-order chi connectivity index (χ1) is 25.0. The van der Waals surface area contributed by atoms with Gasteiger partial charge >= 0.3 is 12.1 Å². The number of carbonyl (C=O) groups is 7. The fourth-order valence-electron chi connectivity index (χ4n) is 5.15. The highest BCUT2D eigenvalue weighted by atomic mass is 19.4. The number of halogens is 3. The topological polar surface area (TPSA) is 329 Å². The van der Waals surface area contributed by atoms with Crippen LogP contribution in [0.4, 0.5) is 13.2 Å². The number of guanidine groups is 1. The highest BCUT2D eigenvalue weighted by Crippen LogP contribution is 2.19. The number of carboxylic acids is 1. The summed E-state index contributed by atoms with van der Waals surface area (Å²) in [5, 5.41) is 20.3. The van der Waals surface area contributed by atoms with E-state index in [2.05, 4.69) is 31.6 Å². The monoisotopic (exact) mass is 767 g/mol. The maximum Gasteiger partial charge on any atom is 0.490 e. The summed E-state index contributed by atoms with van der Waals surface area (Å²) in [5.41, 5.74) is 22.2. The lowest BCUT2D eigenvalue weighted by atomic mass is 10.0. The molecule has 0 aromatic carbocycles. The van der Waals surface area contributed by atoms with Gasteiger partial charge in [0.05, 0.1) is 13.2 Å². The van der Waals surface area contributed by atoms with Crippen molar-refractivity contribution in [1.82, 2.24) is 31.5 Å². The van der Waals surface area contributed by atoms with Crippen LogP contribution in [0.3, 0.4) is 0 Å². The van der Waals surface area contributed by atoms with Gasteiger partial charge in [-0.1, -0.05) is 0 Å². The van der Waals surface area contributed by atoms with Gasteiger partial charge in [-0.15, -0.1) is 0 Å². The number of hydrogen-bond donors (Lipinski definition) is 10. The second-order valence-electron chi connectivity index (χ2n) is 12.0. The van der Waals surface area contributed by atoms with Crippen molar-refractivity contribution in [2.45, 2.75) is 94.6 Å². The summed E-state index contributed by atoms with van der Waals surface area (Å²) in [6.07, 6.45) is -1.17. The first-order valence-corrected chi connectivity index (χ1v) is 17.1. The van der Waals surface area contributed by atoms with Crippen LogP contribution in [-0.2, 0) is 38.3 Å². The van der Waals surface area contributed by atoms with Crippen molar-refractivity contribution >= 4 is 47.4 Å². The molecule has 4 atom stereocenters. The van der Waals surface area contributed by atoms with Crippen LogP contribution in [0.5, 0.6) is 0 Å². The summed E-state index contributed by atoms with van der Waals surface area (Å²) >= 11 is 0. The Labute approximate surface area is 304 Å². The first kappa shape index (κ1) is 46.3. The van der Waals surface area contributed by atoms with E-state index in [1.807, 2.05) is 0 Å². The molecule has 14 N–H and O–H groups in total. The number of fused-ring (bicyclic) bond motifs is 1. The Morgan fingerprint density at radius 2 is 1.43 bits per heavy atom. The predicted molar refractivity (Wildman–Crippen MR) is 182 cm³/mol. The maximum absolute atomic E-state index is 13.5. The molecule has 2 heterocycles. The summed E-state index contributed by atoms with van der Waals surface area (Å²) in [6.45, 7) is 0.513. The number of aliphatic carboxylic acids is 1. The number of unbranched alkanes of at least 4 members (excludes halogenated alkanes) is 2. The van der Waals surface area contributed by atoms with Gasteiger partial charge in [0, 0.05) is 25.9 Å². The van der Waals surface area contributed by atoms with Crippen LogP contribution in [0, 0.1) is 0 Å². The van der Waals surface area contributed by atoms with Gasteiger partial charge in [-0.05, 0) is 64.5 Å². The Bertz CT molecular complexity index is 1270. The lowest BCUT2D eigenvalue weighted by Gasteiger charge is -2.27. The molecule has 20 nitrogen and oxygen atoms in total. The minimum absolute atomic E-state index is 0.0137. The van der Waals surface area contributed by atoms with E-state index in [1.165, 1.54) is 4.90 Å². The molecule has 0 saturated carbocycles. The Hall–Kier alpha value is -4.77. The molecule has 2 saturated heterocycles. The average Bonchev–Trinajstić information content (AvgIpc) is 3.59. The van der Waals surface area contributed by atoms with Crippen molar-refractivity contribution in [3.05, 3.63) is 0 Å². The third kappa shape index (κ3) is 18.5. The van der Waals surface area contributed by atoms with Crippen molar-refractivity contribution in [1.29, 1.82) is 0 Å². The molecule has 0 bridgehead atoms. The molecule has 0 aliphatic carbocycles. The normalized spacial score (nSPS) is 23.2. The van der Waals surface area contributed by atoms with Crippen molar-refractivity contribution < 1.29 is 56.6 Å². The first-order valence-electron chi connectivity index (χ1n) is 17.1. The Balaban J connectivity index is 0.00000181. The van der Waals surface area contributed by atoms with E-state index in [1.54, 1.807) is 0 Å². The smallest absolute Gasteiger partial charge is 0.475 e. The summed E-state index contributed by atoms with van der Waals surface area (Å²) in [5.74, 6) is -6.11. The van der Waals surface area contributed by atoms with Crippen molar-refractivity contribution in [3.63, 3.8) is 0 Å². The van der Waals surface area contributed by atoms with Crippen LogP contribution in [0.25, 0.3) is 0 Å². The van der Waals surface area contributed by atoms with Gasteiger partial charge in [-0.25, -0.2) is 9.79 Å². The molecular weight excluding hydrogens is 715 g/mol. The van der Waals surface area contributed by atoms with Crippen molar-refractivity contribution in [3.8, 4) is 0 Å². The van der Waals surface area contributed by atoms with Crippen LogP contribution >= 0.6 is 0 Å². The summed E-state index contributed by atoms with van der Waals surface area (Å²) in [7, 11) is 0. The minimum atomic E-state index is -5.08. The van der Waals surface area contributed by atoms with Crippen LogP contribution in [0.1, 0.15) is 64.2 Å². The fourth-order valence-corrected chi connectivity index (χ4v) is 5.15. The summed E-state index contributed by atoms with van der Waals surface area (Å²) in [6, 6.07) is -3.75. The molecular formula is C30H52F3N11O9. The van der Waals surface area contributed by atoms with Gasteiger partial charge in [0.1, 0.15) is 30.9 Å². The number of alkyl halides is 3. The number of nitrogens with zero attached hydrogens (tertiary/aromatic N) is 2. The standard InChI is InChI=1S/C28H51N11O7.C2HF3O2/c29-11-3-1-6-18-25(43)35-17-46-15-10-20(38-28(31)32)24(42)34-16-22(40)33-13-9-23(41)39-14-5-8-21(39)27(45)37-19(26(44)36-18)7-2-4-12-30;3-2(4,5)1(6)7/h18-21H,1-17,29-30H2,(H,33,40)(H,34,42)(H,35,43)(H,36,44)(H,37,45)(H4,31,32,38);(H,6,7)/t18-,19-,20+,21+;/m0./s1. The SMILES string of the molecule is NCCCC[C@@H]1NC(=O)[C@H](CCCCN)NC(=O)[C@H]2CCCN2C(=O)CCNC(=O)CNC(=O)[C@H](N=C(N)N)CCOCNC1=O.O=C(O)C(F)(F)F. The zero-order valence-corrected chi connectivity index (χ0v) is 29.4. The second-order valence-corrected chi connectivity index (χ2v) is 12.0. The molecule has 2 rings (SSSR count). The van der Waals surface area contributed by atoms with E-state index >= 15 is 0 Å². The van der Waals surface area contributed by atoms with Gasteiger partial charge < -0.3 is 64.3 Å². The van der Waals surface area contributed by atoms with E-state index in [0.717, 1.165) is 0 Å². The molecule has 53 heavy (non-hydrogen) atoms. The van der Waals surface area contributed by atoms with Crippen molar-refractivity contribution in [2.24, 2.45) is 27.9 Å². The molecule has 2 aliphatic rings. The van der Waals surface area contributed by atoms with E-state index in [0.29, 0.717) is 64.6 Å². The van der Waals surface area contributed by atoms with Gasteiger partial charge in [0.2, 0.25) is 35.4 Å². The number of amides is 6. The minimum Gasteiger partial charge on any atom is -0.475 e. The lowest BCUT2D eigenvalue weighted by molar-refractivity contribution is -0.192. The number of carbonyl (C=O) groups excluding carboxylic acids is 6. The molecule has 6 amide bonds. The van der Waals surface area contributed by atoms with Gasteiger partial charge in [-0.2, -0.15) is 13.2 Å². The highest BCUT2D eigenvalue weighted by molar-refractivity contribution is 5.94.